The first-order valence-electron chi connectivity index (χ1n) is 5.44. The van der Waals surface area contributed by atoms with Gasteiger partial charge in [0.2, 0.25) is 5.91 Å². The van der Waals surface area contributed by atoms with Crippen LogP contribution in [0.2, 0.25) is 0 Å². The number of amides is 1. The van der Waals surface area contributed by atoms with Gasteiger partial charge in [0.05, 0.1) is 18.8 Å². The molecule has 0 saturated heterocycles. The van der Waals surface area contributed by atoms with Gasteiger partial charge < -0.3 is 4.90 Å². The number of carbonyl (C=O) groups excluding carboxylic acids is 2. The molecule has 0 radical (unpaired) electrons. The fourth-order valence-corrected chi connectivity index (χ4v) is 2.03. The molecule has 0 atom stereocenters. The van der Waals surface area contributed by atoms with Gasteiger partial charge in [-0.1, -0.05) is 0 Å². The van der Waals surface area contributed by atoms with Gasteiger partial charge in [0.25, 0.3) is 10.1 Å². The van der Waals surface area contributed by atoms with Crippen LogP contribution in [0.5, 0.6) is 0 Å². The van der Waals surface area contributed by atoms with Crippen LogP contribution in [0.15, 0.2) is 12.4 Å². The Bertz CT molecular complexity index is 457. The first-order chi connectivity index (χ1) is 8.28. The van der Waals surface area contributed by atoms with Crippen molar-refractivity contribution in [2.24, 2.45) is 0 Å². The molecule has 18 heavy (non-hydrogen) atoms. The van der Waals surface area contributed by atoms with Crippen molar-refractivity contribution in [3.63, 3.8) is 0 Å². The summed E-state index contributed by atoms with van der Waals surface area (Å²) in [6.45, 7) is 2.07. The van der Waals surface area contributed by atoms with Crippen LogP contribution in [0.25, 0.3) is 0 Å². The van der Waals surface area contributed by atoms with Crippen molar-refractivity contribution >= 4 is 21.8 Å². The molecule has 1 amide bonds. The smallest absolute Gasteiger partial charge is 0.264 e. The van der Waals surface area contributed by atoms with Crippen molar-refractivity contribution in [3.8, 4) is 0 Å². The highest BCUT2D eigenvalue weighted by atomic mass is 32.2. The summed E-state index contributed by atoms with van der Waals surface area (Å²) in [6.07, 6.45) is 3.35. The average molecular weight is 276 g/mol. The second-order valence-electron chi connectivity index (χ2n) is 4.13. The van der Waals surface area contributed by atoms with Gasteiger partial charge in [0.1, 0.15) is 5.78 Å². The zero-order chi connectivity index (χ0) is 13.8. The van der Waals surface area contributed by atoms with Crippen LogP contribution in [-0.4, -0.2) is 53.4 Å². The van der Waals surface area contributed by atoms with Crippen LogP contribution in [0.4, 0.5) is 0 Å². The van der Waals surface area contributed by atoms with E-state index < -0.39 is 10.1 Å². The van der Waals surface area contributed by atoms with E-state index in [1.165, 1.54) is 11.8 Å². The van der Waals surface area contributed by atoms with Crippen molar-refractivity contribution in [2.45, 2.75) is 19.8 Å². The first-order valence-corrected chi connectivity index (χ1v) is 7.05. The Kier molecular flexibility index (Phi) is 4.85. The molecule has 0 unspecified atom stereocenters. The Morgan fingerprint density at radius 3 is 2.56 bits per heavy atom. The maximum Gasteiger partial charge on any atom is 0.264 e. The molecule has 1 aliphatic heterocycles. The predicted octanol–water partition coefficient (Wildman–Crippen LogP) is -0.184. The third-order valence-electron chi connectivity index (χ3n) is 2.36. The number of hydrogen-bond acceptors (Lipinski definition) is 5. The van der Waals surface area contributed by atoms with Gasteiger partial charge >= 0.3 is 0 Å². The van der Waals surface area contributed by atoms with E-state index >= 15 is 0 Å². The molecule has 1 rings (SSSR count). The van der Waals surface area contributed by atoms with E-state index in [0.717, 1.165) is 0 Å². The van der Waals surface area contributed by atoms with Crippen LogP contribution in [0.1, 0.15) is 19.8 Å². The summed E-state index contributed by atoms with van der Waals surface area (Å²) in [5, 5.41) is 0. The Morgan fingerprint density at radius 1 is 1.33 bits per heavy atom. The summed E-state index contributed by atoms with van der Waals surface area (Å²) >= 11 is 0. The van der Waals surface area contributed by atoms with Gasteiger partial charge in [-0.3, -0.25) is 19.0 Å². The quantitative estimate of drug-likeness (QED) is 0.534. The van der Waals surface area contributed by atoms with Gasteiger partial charge in [0.15, 0.2) is 0 Å². The number of rotatable bonds is 6. The Balaban J connectivity index is 2.32. The lowest BCUT2D eigenvalue weighted by Crippen LogP contribution is -2.32. The molecule has 0 aromatic rings. The van der Waals surface area contributed by atoms with Crippen LogP contribution in [-0.2, 0) is 19.7 Å². The fourth-order valence-electron chi connectivity index (χ4n) is 1.54. The normalized spacial score (nSPS) is 15.2. The van der Waals surface area contributed by atoms with Crippen molar-refractivity contribution in [1.29, 1.82) is 0 Å². The second kappa shape index (κ2) is 5.96. The third-order valence-corrected chi connectivity index (χ3v) is 3.16. The monoisotopic (exact) mass is 276 g/mol. The topological polar surface area (TPSA) is 95.0 Å². The molecule has 8 heteroatoms. The number of Topliss-reactive ketones (excluding diaryl/α,β-unsaturated/α-hetero) is 1. The van der Waals surface area contributed by atoms with Crippen molar-refractivity contribution < 1.29 is 22.6 Å². The van der Waals surface area contributed by atoms with Gasteiger partial charge in [-0.15, -0.1) is 0 Å². The molecule has 0 fully saturated rings. The zero-order valence-corrected chi connectivity index (χ0v) is 10.9. The minimum Gasteiger partial charge on any atom is -0.358 e. The van der Waals surface area contributed by atoms with Crippen molar-refractivity contribution in [1.82, 2.24) is 9.80 Å². The molecular weight excluding hydrogens is 260 g/mol. The van der Waals surface area contributed by atoms with Gasteiger partial charge in [0, 0.05) is 18.9 Å². The summed E-state index contributed by atoms with van der Waals surface area (Å²) in [6, 6.07) is 0. The molecular formula is C10H16N2O5S. The second-order valence-corrected chi connectivity index (χ2v) is 5.71. The Morgan fingerprint density at radius 2 is 2.00 bits per heavy atom. The molecule has 0 spiro atoms. The molecule has 0 aromatic carbocycles. The molecule has 1 heterocycles. The fraction of sp³-hybridized carbons (Fsp3) is 0.600. The highest BCUT2D eigenvalue weighted by molar-refractivity contribution is 7.85. The molecule has 0 aliphatic carbocycles. The van der Waals surface area contributed by atoms with Gasteiger partial charge in [-0.2, -0.15) is 8.42 Å². The maximum absolute atomic E-state index is 11.5. The van der Waals surface area contributed by atoms with Crippen molar-refractivity contribution in [2.75, 3.05) is 19.0 Å². The number of ketones is 1. The highest BCUT2D eigenvalue weighted by Crippen LogP contribution is 2.09. The van der Waals surface area contributed by atoms with Crippen LogP contribution in [0, 0.1) is 0 Å². The average Bonchev–Trinajstić information content (AvgIpc) is 2.63. The standard InChI is InChI=1S/C10H16N2O5S/c1-9(13)7-10(14)12-5-4-11(8-12)3-2-6-18(15,16)17/h4-5H,2-3,6-8H2,1H3,(H,15,16,17). The van der Waals surface area contributed by atoms with E-state index in [4.69, 9.17) is 4.55 Å². The highest BCUT2D eigenvalue weighted by Gasteiger charge is 2.19. The minimum absolute atomic E-state index is 0.136. The summed E-state index contributed by atoms with van der Waals surface area (Å²) in [4.78, 5) is 25.5. The number of nitrogens with zero attached hydrogens (tertiary/aromatic N) is 2. The lowest BCUT2D eigenvalue weighted by atomic mass is 10.3. The van der Waals surface area contributed by atoms with E-state index in [2.05, 4.69) is 0 Å². The molecule has 1 aliphatic rings. The summed E-state index contributed by atoms with van der Waals surface area (Å²) in [5.41, 5.74) is 0. The largest absolute Gasteiger partial charge is 0.358 e. The molecule has 0 bridgehead atoms. The van der Waals surface area contributed by atoms with Gasteiger partial charge in [-0.25, -0.2) is 0 Å². The van der Waals surface area contributed by atoms with Crippen molar-refractivity contribution in [3.05, 3.63) is 12.4 Å². The SMILES string of the molecule is CC(=O)CC(=O)N1C=CN(CCCS(=O)(=O)O)C1. The van der Waals surface area contributed by atoms with E-state index in [1.54, 1.807) is 17.3 Å². The molecule has 7 nitrogen and oxygen atoms in total. The lowest BCUT2D eigenvalue weighted by molar-refractivity contribution is -0.133. The zero-order valence-electron chi connectivity index (χ0n) is 10.1. The van der Waals surface area contributed by atoms with Crippen LogP contribution < -0.4 is 0 Å². The Hall–Kier alpha value is -1.41. The predicted molar refractivity (Wildman–Crippen MR) is 63.9 cm³/mol. The molecule has 102 valence electrons. The summed E-state index contributed by atoms with van der Waals surface area (Å²) in [5.74, 6) is -0.784. The first kappa shape index (κ1) is 14.7. The van der Waals surface area contributed by atoms with E-state index in [1.807, 2.05) is 0 Å². The molecule has 0 aromatic heterocycles. The third kappa shape index (κ3) is 5.28. The Labute approximate surface area is 106 Å². The minimum atomic E-state index is -3.94. The lowest BCUT2D eigenvalue weighted by Gasteiger charge is -2.19. The maximum atomic E-state index is 11.5. The van der Waals surface area contributed by atoms with E-state index in [9.17, 15) is 18.0 Å². The van der Waals surface area contributed by atoms with Gasteiger partial charge in [-0.05, 0) is 13.3 Å². The number of hydrogen-bond donors (Lipinski definition) is 1. The van der Waals surface area contributed by atoms with Crippen LogP contribution in [0.3, 0.4) is 0 Å². The summed E-state index contributed by atoms with van der Waals surface area (Å²) < 4.78 is 29.6. The van der Waals surface area contributed by atoms with E-state index in [0.29, 0.717) is 13.2 Å². The number of carbonyl (C=O) groups is 2. The van der Waals surface area contributed by atoms with E-state index in [-0.39, 0.29) is 30.3 Å². The summed E-state index contributed by atoms with van der Waals surface area (Å²) in [7, 11) is -3.94. The molecule has 1 N–H and O–H groups in total. The van der Waals surface area contributed by atoms with Crippen LogP contribution >= 0.6 is 0 Å². The molecule has 0 saturated carbocycles.